The summed E-state index contributed by atoms with van der Waals surface area (Å²) in [4.78, 5) is 29.2. The third-order valence-electron chi connectivity index (χ3n) is 4.00. The summed E-state index contributed by atoms with van der Waals surface area (Å²) in [6.07, 6.45) is 5.07. The Hall–Kier alpha value is -2.59. The van der Waals surface area contributed by atoms with Crippen LogP contribution in [0.5, 0.6) is 0 Å². The van der Waals surface area contributed by atoms with Crippen molar-refractivity contribution in [2.45, 2.75) is 35.0 Å². The number of carbonyl (C=O) groups is 1. The number of nitro benzene ring substituents is 1. The molecular weight excluding hydrogens is 374 g/mol. The average molecular weight is 387 g/mol. The van der Waals surface area contributed by atoms with Gasteiger partial charge < -0.3 is 0 Å². The molecule has 10 heteroatoms. The van der Waals surface area contributed by atoms with Gasteiger partial charge in [0.05, 0.1) is 10.3 Å². The summed E-state index contributed by atoms with van der Waals surface area (Å²) in [6, 6.07) is 5.15. The molecule has 2 aromatic heterocycles. The van der Waals surface area contributed by atoms with Crippen LogP contribution in [0.2, 0.25) is 0 Å². The van der Waals surface area contributed by atoms with Gasteiger partial charge >= 0.3 is 0 Å². The van der Waals surface area contributed by atoms with E-state index in [1.165, 1.54) is 42.3 Å². The van der Waals surface area contributed by atoms with Crippen LogP contribution in [0.15, 0.2) is 39.8 Å². The third-order valence-corrected chi connectivity index (χ3v) is 6.05. The van der Waals surface area contributed by atoms with E-state index in [4.69, 9.17) is 0 Å². The Morgan fingerprint density at radius 3 is 2.81 bits per heavy atom. The minimum absolute atomic E-state index is 0.0203. The molecule has 3 aromatic rings. The van der Waals surface area contributed by atoms with Gasteiger partial charge in [0.2, 0.25) is 11.0 Å². The maximum absolute atomic E-state index is 11.9. The Morgan fingerprint density at radius 2 is 2.12 bits per heavy atom. The number of rotatable bonds is 5. The highest BCUT2D eigenvalue weighted by molar-refractivity contribution is 8.01. The fourth-order valence-electron chi connectivity index (χ4n) is 2.71. The first kappa shape index (κ1) is 16.9. The number of fused-ring (bicyclic) bond motifs is 1. The van der Waals surface area contributed by atoms with Gasteiger partial charge in [0.25, 0.3) is 5.69 Å². The Bertz CT molecular complexity index is 1020. The van der Waals surface area contributed by atoms with E-state index in [0.717, 1.165) is 23.1 Å². The predicted octanol–water partition coefficient (Wildman–Crippen LogP) is 3.66. The molecule has 0 aliphatic heterocycles. The van der Waals surface area contributed by atoms with E-state index in [1.54, 1.807) is 23.2 Å². The lowest BCUT2D eigenvalue weighted by Gasteiger charge is -2.15. The molecule has 1 fully saturated rings. The zero-order chi connectivity index (χ0) is 18.3. The number of amides is 1. The molecule has 2 heterocycles. The van der Waals surface area contributed by atoms with Crippen LogP contribution in [0, 0.1) is 10.1 Å². The lowest BCUT2D eigenvalue weighted by Crippen LogP contribution is -2.30. The number of nitro groups is 1. The van der Waals surface area contributed by atoms with Crippen LogP contribution >= 0.6 is 23.1 Å². The minimum Gasteiger partial charge on any atom is -0.284 e. The molecule has 8 nitrogen and oxygen atoms in total. The molecule has 0 N–H and O–H groups in total. The topological polar surface area (TPSA) is 102 Å². The number of hydrogen-bond acceptors (Lipinski definition) is 8. The summed E-state index contributed by atoms with van der Waals surface area (Å²) in [5, 5.41) is 21.4. The molecule has 1 saturated carbocycles. The van der Waals surface area contributed by atoms with E-state index in [2.05, 4.69) is 15.2 Å². The van der Waals surface area contributed by atoms with Crippen molar-refractivity contribution in [3.05, 3.63) is 40.7 Å². The zero-order valence-corrected chi connectivity index (χ0v) is 15.3. The van der Waals surface area contributed by atoms with Gasteiger partial charge in [-0.2, -0.15) is 0 Å². The predicted molar refractivity (Wildman–Crippen MR) is 98.6 cm³/mol. The Kier molecular flexibility index (Phi) is 4.29. The van der Waals surface area contributed by atoms with Crippen LogP contribution in [0.1, 0.15) is 19.8 Å². The molecule has 4 rings (SSSR count). The molecular formula is C16H13N5O3S2. The van der Waals surface area contributed by atoms with Gasteiger partial charge in [0.15, 0.2) is 4.34 Å². The van der Waals surface area contributed by atoms with Gasteiger partial charge in [-0.05, 0) is 25.0 Å². The number of hydrogen-bond donors (Lipinski definition) is 0. The van der Waals surface area contributed by atoms with Gasteiger partial charge in [-0.25, -0.2) is 0 Å². The van der Waals surface area contributed by atoms with E-state index >= 15 is 0 Å². The number of carbonyl (C=O) groups excluding carboxylic acids is 1. The van der Waals surface area contributed by atoms with Crippen molar-refractivity contribution in [3.63, 3.8) is 0 Å². The number of non-ortho nitro benzene ring substituents is 1. The van der Waals surface area contributed by atoms with Gasteiger partial charge in [-0.1, -0.05) is 23.1 Å². The fourth-order valence-corrected chi connectivity index (χ4v) is 4.76. The summed E-state index contributed by atoms with van der Waals surface area (Å²) >= 11 is 2.72. The Labute approximate surface area is 156 Å². The molecule has 0 atom stereocenters. The smallest absolute Gasteiger partial charge is 0.278 e. The van der Waals surface area contributed by atoms with E-state index in [-0.39, 0.29) is 17.6 Å². The highest BCUT2D eigenvalue weighted by Crippen LogP contribution is 2.41. The maximum atomic E-state index is 11.9. The third kappa shape index (κ3) is 3.13. The molecule has 0 bridgehead atoms. The maximum Gasteiger partial charge on any atom is 0.278 e. The van der Waals surface area contributed by atoms with Gasteiger partial charge in [0, 0.05) is 41.7 Å². The first-order valence-electron chi connectivity index (χ1n) is 7.87. The first-order valence-corrected chi connectivity index (χ1v) is 9.50. The summed E-state index contributed by atoms with van der Waals surface area (Å²) in [7, 11) is 0. The largest absolute Gasteiger partial charge is 0.284 e. The Morgan fingerprint density at radius 1 is 1.31 bits per heavy atom. The molecule has 1 aliphatic rings. The highest BCUT2D eigenvalue weighted by Gasteiger charge is 2.34. The van der Waals surface area contributed by atoms with E-state index in [0.29, 0.717) is 14.9 Å². The molecule has 1 amide bonds. The molecule has 0 unspecified atom stereocenters. The standard InChI is InChI=1S/C16H13N5O3S2/c1-9(22)20(10-2-3-10)15-18-19-16(26-15)25-14-5-4-13(21(23)24)12-8-17-7-6-11(12)14/h4-8,10H,2-3H2,1H3. The van der Waals surface area contributed by atoms with Crippen LogP contribution < -0.4 is 4.90 Å². The normalized spacial score (nSPS) is 13.7. The minimum atomic E-state index is -0.415. The van der Waals surface area contributed by atoms with Gasteiger partial charge in [-0.15, -0.1) is 10.2 Å². The Balaban J connectivity index is 1.67. The SMILES string of the molecule is CC(=O)N(c1nnc(Sc2ccc([N+](=O)[O-])c3cnccc23)s1)C1CC1. The summed E-state index contributed by atoms with van der Waals surface area (Å²) < 4.78 is 0.680. The zero-order valence-electron chi connectivity index (χ0n) is 13.7. The molecule has 1 aromatic carbocycles. The van der Waals surface area contributed by atoms with Crippen molar-refractivity contribution in [2.75, 3.05) is 4.90 Å². The number of pyridine rings is 1. The molecule has 1 aliphatic carbocycles. The fraction of sp³-hybridized carbons (Fsp3) is 0.250. The van der Waals surface area contributed by atoms with Crippen molar-refractivity contribution in [2.24, 2.45) is 0 Å². The summed E-state index contributed by atoms with van der Waals surface area (Å²) in [5.41, 5.74) is 0.0203. The molecule has 0 radical (unpaired) electrons. The second-order valence-corrected chi connectivity index (χ2v) is 8.08. The second-order valence-electron chi connectivity index (χ2n) is 5.83. The lowest BCUT2D eigenvalue weighted by molar-refractivity contribution is -0.383. The van der Waals surface area contributed by atoms with Crippen molar-refractivity contribution >= 4 is 50.6 Å². The number of aromatic nitrogens is 3. The molecule has 26 heavy (non-hydrogen) atoms. The van der Waals surface area contributed by atoms with Crippen LogP contribution in [0.25, 0.3) is 10.8 Å². The lowest BCUT2D eigenvalue weighted by atomic mass is 10.1. The van der Waals surface area contributed by atoms with Gasteiger partial charge in [0.1, 0.15) is 0 Å². The quantitative estimate of drug-likeness (QED) is 0.374. The van der Waals surface area contributed by atoms with Crippen LogP contribution in [0.3, 0.4) is 0 Å². The summed E-state index contributed by atoms with van der Waals surface area (Å²) in [6.45, 7) is 1.53. The van der Waals surface area contributed by atoms with Crippen molar-refractivity contribution < 1.29 is 9.72 Å². The number of benzene rings is 1. The monoisotopic (exact) mass is 387 g/mol. The molecule has 132 valence electrons. The van der Waals surface area contributed by atoms with E-state index in [9.17, 15) is 14.9 Å². The van der Waals surface area contributed by atoms with Crippen molar-refractivity contribution in [1.29, 1.82) is 0 Å². The molecule has 0 saturated heterocycles. The van der Waals surface area contributed by atoms with Crippen LogP contribution in [-0.2, 0) is 4.79 Å². The van der Waals surface area contributed by atoms with Crippen molar-refractivity contribution in [1.82, 2.24) is 15.2 Å². The summed E-state index contributed by atoms with van der Waals surface area (Å²) in [5.74, 6) is -0.0351. The molecule has 0 spiro atoms. The van der Waals surface area contributed by atoms with E-state index < -0.39 is 4.92 Å². The van der Waals surface area contributed by atoms with Gasteiger partial charge in [-0.3, -0.25) is 24.8 Å². The van der Waals surface area contributed by atoms with Crippen LogP contribution in [0.4, 0.5) is 10.8 Å². The van der Waals surface area contributed by atoms with E-state index in [1.807, 2.05) is 0 Å². The first-order chi connectivity index (χ1) is 12.5. The average Bonchev–Trinajstić information content (AvgIpc) is 3.33. The number of nitrogens with zero attached hydrogens (tertiary/aromatic N) is 5. The second kappa shape index (κ2) is 6.61. The van der Waals surface area contributed by atoms with Crippen molar-refractivity contribution in [3.8, 4) is 0 Å². The van der Waals surface area contributed by atoms with Crippen LogP contribution in [-0.4, -0.2) is 32.1 Å². The highest BCUT2D eigenvalue weighted by atomic mass is 32.2. The number of anilines is 1.